The highest BCUT2D eigenvalue weighted by molar-refractivity contribution is 6.37. The maximum absolute atomic E-state index is 7.14. The fraction of sp³-hybridized carbons (Fsp3) is 0.0185. The third kappa shape index (κ3) is 4.31. The van der Waals surface area contributed by atoms with E-state index >= 15 is 0 Å². The lowest BCUT2D eigenvalue weighted by molar-refractivity contribution is 0.671. The van der Waals surface area contributed by atoms with E-state index in [-0.39, 0.29) is 0 Å². The average Bonchev–Trinajstić information content (AvgIpc) is 3.99. The zero-order valence-electron chi connectivity index (χ0n) is 31.6. The molecule has 4 heteroatoms. The number of pyridine rings is 1. The average molecular weight is 740 g/mol. The van der Waals surface area contributed by atoms with Crippen LogP contribution < -0.4 is 0 Å². The zero-order chi connectivity index (χ0) is 38.1. The van der Waals surface area contributed by atoms with Crippen molar-refractivity contribution in [3.63, 3.8) is 0 Å². The first-order valence-corrected chi connectivity index (χ1v) is 19.9. The molecule has 0 fully saturated rings. The van der Waals surface area contributed by atoms with Crippen LogP contribution in [0.25, 0.3) is 120 Å². The van der Waals surface area contributed by atoms with E-state index in [1.165, 1.54) is 43.3 Å². The lowest BCUT2D eigenvalue weighted by atomic mass is 9.96. The van der Waals surface area contributed by atoms with Crippen molar-refractivity contribution in [2.45, 2.75) is 6.92 Å². The third-order valence-corrected chi connectivity index (χ3v) is 12.4. The van der Waals surface area contributed by atoms with Crippen LogP contribution >= 0.6 is 0 Å². The molecule has 0 spiro atoms. The van der Waals surface area contributed by atoms with Crippen LogP contribution in [-0.4, -0.2) is 14.1 Å². The van der Waals surface area contributed by atoms with Crippen molar-refractivity contribution in [2.75, 3.05) is 0 Å². The van der Waals surface area contributed by atoms with Crippen LogP contribution in [-0.2, 0) is 0 Å². The molecule has 270 valence electrons. The van der Waals surface area contributed by atoms with Gasteiger partial charge in [-0.3, -0.25) is 4.57 Å². The van der Waals surface area contributed by atoms with Crippen LogP contribution in [0.4, 0.5) is 0 Å². The molecule has 0 aliphatic heterocycles. The zero-order valence-corrected chi connectivity index (χ0v) is 31.6. The van der Waals surface area contributed by atoms with Gasteiger partial charge in [-0.15, -0.1) is 0 Å². The molecule has 4 aromatic heterocycles. The summed E-state index contributed by atoms with van der Waals surface area (Å²) in [7, 11) is 0. The summed E-state index contributed by atoms with van der Waals surface area (Å²) in [4.78, 5) is 5.77. The predicted molar refractivity (Wildman–Crippen MR) is 243 cm³/mol. The summed E-state index contributed by atoms with van der Waals surface area (Å²) < 4.78 is 11.8. The normalized spacial score (nSPS) is 12.2. The van der Waals surface area contributed by atoms with Gasteiger partial charge in [-0.1, -0.05) is 133 Å². The molecule has 13 rings (SSSR count). The molecule has 58 heavy (non-hydrogen) atoms. The number of furan rings is 1. The Hall–Kier alpha value is -7.69. The van der Waals surface area contributed by atoms with E-state index in [2.05, 4.69) is 198 Å². The standard InChI is InChI=1S/C54H33N3O/c1-32-18-24-38(25-19-32)56-29-28-36-30-35(22-26-45(36)56)44-31-37-21-20-34-11-3-5-13-40(34)51(37)55-54(44)57-46-17-9-8-16-43(46)48-41-14-6-7-15-42(41)50-49-39-12-4-2-10-33(39)23-27-47(49)58-53(50)52(48)57/h2-31H,1H3. The Morgan fingerprint density at radius 1 is 0.483 bits per heavy atom. The van der Waals surface area contributed by atoms with E-state index in [4.69, 9.17) is 9.40 Å². The molecule has 13 aromatic rings. The van der Waals surface area contributed by atoms with E-state index in [0.29, 0.717) is 0 Å². The number of hydrogen-bond donors (Lipinski definition) is 0. The Labute approximate surface area is 332 Å². The van der Waals surface area contributed by atoms with Crippen molar-refractivity contribution < 1.29 is 4.42 Å². The van der Waals surface area contributed by atoms with Crippen molar-refractivity contribution >= 4 is 97.9 Å². The molecule has 0 aliphatic carbocycles. The van der Waals surface area contributed by atoms with Gasteiger partial charge in [0.15, 0.2) is 5.58 Å². The summed E-state index contributed by atoms with van der Waals surface area (Å²) >= 11 is 0. The minimum Gasteiger partial charge on any atom is -0.454 e. The number of fused-ring (bicyclic) bond motifs is 16. The van der Waals surface area contributed by atoms with Crippen LogP contribution in [0.2, 0.25) is 0 Å². The summed E-state index contributed by atoms with van der Waals surface area (Å²) in [5, 5.41) is 13.9. The van der Waals surface area contributed by atoms with Gasteiger partial charge in [0.1, 0.15) is 11.4 Å². The topological polar surface area (TPSA) is 35.9 Å². The van der Waals surface area contributed by atoms with E-state index in [0.717, 1.165) is 82.8 Å². The molecule has 0 bridgehead atoms. The molecule has 4 heterocycles. The first-order valence-electron chi connectivity index (χ1n) is 19.9. The van der Waals surface area contributed by atoms with Gasteiger partial charge in [-0.2, -0.15) is 0 Å². The highest BCUT2D eigenvalue weighted by atomic mass is 16.3. The van der Waals surface area contributed by atoms with Crippen molar-refractivity contribution in [1.29, 1.82) is 0 Å². The fourth-order valence-corrected chi connectivity index (χ4v) is 9.68. The SMILES string of the molecule is Cc1ccc(-n2ccc3cc(-c4cc5ccc6ccccc6c5nc4-n4c5ccccc5c5c6ccccc6c6c(oc7ccc8ccccc8c76)c54)ccc32)cc1. The number of hydrogen-bond acceptors (Lipinski definition) is 2. The number of benzene rings is 9. The molecule has 4 nitrogen and oxygen atoms in total. The first kappa shape index (κ1) is 31.5. The second-order valence-corrected chi connectivity index (χ2v) is 15.6. The molecule has 0 unspecified atom stereocenters. The molecule has 0 aliphatic rings. The highest BCUT2D eigenvalue weighted by Gasteiger charge is 2.26. The van der Waals surface area contributed by atoms with Crippen LogP contribution in [0.15, 0.2) is 187 Å². The Kier molecular flexibility index (Phi) is 6.34. The number of para-hydroxylation sites is 1. The van der Waals surface area contributed by atoms with Gasteiger partial charge in [0.2, 0.25) is 0 Å². The Balaban J connectivity index is 1.20. The van der Waals surface area contributed by atoms with Crippen molar-refractivity contribution in [2.24, 2.45) is 0 Å². The second-order valence-electron chi connectivity index (χ2n) is 15.6. The molecule has 0 saturated heterocycles. The number of aryl methyl sites for hydroxylation is 1. The quantitative estimate of drug-likeness (QED) is 0.169. The molecule has 0 N–H and O–H groups in total. The molecule has 9 aromatic carbocycles. The minimum atomic E-state index is 0.868. The molecule has 0 amide bonds. The Morgan fingerprint density at radius 2 is 1.16 bits per heavy atom. The van der Waals surface area contributed by atoms with Gasteiger partial charge in [-0.05, 0) is 87.9 Å². The largest absolute Gasteiger partial charge is 0.454 e. The monoisotopic (exact) mass is 739 g/mol. The summed E-state index contributed by atoms with van der Waals surface area (Å²) in [6.07, 6.45) is 2.17. The number of rotatable bonds is 3. The van der Waals surface area contributed by atoms with Crippen molar-refractivity contribution in [1.82, 2.24) is 14.1 Å². The Bertz CT molecular complexity index is 3860. The van der Waals surface area contributed by atoms with Crippen LogP contribution in [0, 0.1) is 6.92 Å². The highest BCUT2D eigenvalue weighted by Crippen LogP contribution is 2.48. The van der Waals surface area contributed by atoms with Gasteiger partial charge < -0.3 is 8.98 Å². The van der Waals surface area contributed by atoms with E-state index in [9.17, 15) is 0 Å². The van der Waals surface area contributed by atoms with Gasteiger partial charge in [0.25, 0.3) is 0 Å². The van der Waals surface area contributed by atoms with Crippen LogP contribution in [0.3, 0.4) is 0 Å². The van der Waals surface area contributed by atoms with Crippen LogP contribution in [0.1, 0.15) is 5.56 Å². The summed E-state index contributed by atoms with van der Waals surface area (Å²) in [6, 6.07) is 63.6. The maximum Gasteiger partial charge on any atom is 0.160 e. The number of nitrogens with zero attached hydrogens (tertiary/aromatic N) is 3. The molecule has 0 radical (unpaired) electrons. The van der Waals surface area contributed by atoms with E-state index in [1.54, 1.807) is 0 Å². The fourth-order valence-electron chi connectivity index (χ4n) is 9.68. The summed E-state index contributed by atoms with van der Waals surface area (Å²) in [5.41, 5.74) is 10.5. The predicted octanol–water partition coefficient (Wildman–Crippen LogP) is 14.6. The lowest BCUT2D eigenvalue weighted by Crippen LogP contribution is -2.02. The lowest BCUT2D eigenvalue weighted by Gasteiger charge is -2.16. The van der Waals surface area contributed by atoms with Crippen LogP contribution in [0.5, 0.6) is 0 Å². The maximum atomic E-state index is 7.14. The summed E-state index contributed by atoms with van der Waals surface area (Å²) in [5.74, 6) is 0.870. The van der Waals surface area contributed by atoms with E-state index in [1.807, 2.05) is 0 Å². The van der Waals surface area contributed by atoms with Crippen molar-refractivity contribution in [3.05, 3.63) is 188 Å². The second kappa shape index (κ2) is 11.7. The number of aromatic nitrogens is 3. The van der Waals surface area contributed by atoms with Gasteiger partial charge >= 0.3 is 0 Å². The van der Waals surface area contributed by atoms with Gasteiger partial charge in [0, 0.05) is 55.2 Å². The molecule has 0 saturated carbocycles. The smallest absolute Gasteiger partial charge is 0.160 e. The summed E-state index contributed by atoms with van der Waals surface area (Å²) in [6.45, 7) is 2.13. The minimum absolute atomic E-state index is 0.868. The van der Waals surface area contributed by atoms with E-state index < -0.39 is 0 Å². The van der Waals surface area contributed by atoms with Gasteiger partial charge in [0.05, 0.1) is 22.1 Å². The molecule has 0 atom stereocenters. The molecular weight excluding hydrogens is 707 g/mol. The molecular formula is C54H33N3O. The Morgan fingerprint density at radius 3 is 1.98 bits per heavy atom. The van der Waals surface area contributed by atoms with Crippen molar-refractivity contribution in [3.8, 4) is 22.6 Å². The van der Waals surface area contributed by atoms with Gasteiger partial charge in [-0.25, -0.2) is 4.98 Å². The third-order valence-electron chi connectivity index (χ3n) is 12.4. The first-order chi connectivity index (χ1) is 28.7.